The number of nitrogens with one attached hydrogen (secondary N) is 1. The number of anilines is 1. The SMILES string of the molecule is CCCc1cc(=O)[nH]c(Sc2ccc(N)nc2)n1. The molecule has 0 radical (unpaired) electrons. The summed E-state index contributed by atoms with van der Waals surface area (Å²) in [5.41, 5.74) is 6.20. The van der Waals surface area contributed by atoms with Crippen LogP contribution in [0.4, 0.5) is 5.82 Å². The van der Waals surface area contributed by atoms with Crippen LogP contribution < -0.4 is 11.3 Å². The minimum absolute atomic E-state index is 0.126. The van der Waals surface area contributed by atoms with Gasteiger partial charge in [0.15, 0.2) is 5.16 Å². The van der Waals surface area contributed by atoms with Gasteiger partial charge in [-0.15, -0.1) is 0 Å². The molecular formula is C12H14N4OS. The molecule has 0 aromatic carbocycles. The van der Waals surface area contributed by atoms with Crippen molar-refractivity contribution in [2.45, 2.75) is 29.8 Å². The van der Waals surface area contributed by atoms with Crippen LogP contribution in [0.5, 0.6) is 0 Å². The summed E-state index contributed by atoms with van der Waals surface area (Å²) in [4.78, 5) is 23.5. The van der Waals surface area contributed by atoms with E-state index >= 15 is 0 Å². The summed E-state index contributed by atoms with van der Waals surface area (Å²) in [6.07, 6.45) is 3.42. The molecule has 6 heteroatoms. The molecule has 0 bridgehead atoms. The number of nitrogens with two attached hydrogens (primary N) is 1. The van der Waals surface area contributed by atoms with E-state index < -0.39 is 0 Å². The van der Waals surface area contributed by atoms with Crippen molar-refractivity contribution >= 4 is 17.6 Å². The minimum atomic E-state index is -0.126. The Labute approximate surface area is 109 Å². The van der Waals surface area contributed by atoms with Crippen LogP contribution in [-0.4, -0.2) is 15.0 Å². The molecule has 18 heavy (non-hydrogen) atoms. The first-order valence-electron chi connectivity index (χ1n) is 5.67. The predicted molar refractivity (Wildman–Crippen MR) is 71.6 cm³/mol. The lowest BCUT2D eigenvalue weighted by Crippen LogP contribution is -2.09. The van der Waals surface area contributed by atoms with Gasteiger partial charge in [-0.1, -0.05) is 25.1 Å². The lowest BCUT2D eigenvalue weighted by molar-refractivity contribution is 0.816. The maximum atomic E-state index is 11.5. The van der Waals surface area contributed by atoms with Crippen molar-refractivity contribution in [2.75, 3.05) is 5.73 Å². The third-order valence-electron chi connectivity index (χ3n) is 2.25. The molecule has 0 saturated heterocycles. The maximum absolute atomic E-state index is 11.5. The van der Waals surface area contributed by atoms with Crippen molar-refractivity contribution < 1.29 is 0 Å². The van der Waals surface area contributed by atoms with Gasteiger partial charge in [0, 0.05) is 22.9 Å². The molecule has 0 atom stereocenters. The smallest absolute Gasteiger partial charge is 0.251 e. The zero-order chi connectivity index (χ0) is 13.0. The number of aryl methyl sites for hydroxylation is 1. The highest BCUT2D eigenvalue weighted by Gasteiger charge is 2.03. The van der Waals surface area contributed by atoms with E-state index in [2.05, 4.69) is 21.9 Å². The van der Waals surface area contributed by atoms with Crippen molar-refractivity contribution in [3.8, 4) is 0 Å². The normalized spacial score (nSPS) is 10.5. The molecule has 0 saturated carbocycles. The van der Waals surface area contributed by atoms with Gasteiger partial charge in [-0.3, -0.25) is 4.79 Å². The molecule has 0 aliphatic heterocycles. The Hall–Kier alpha value is -1.82. The van der Waals surface area contributed by atoms with E-state index in [1.54, 1.807) is 12.3 Å². The number of hydrogen-bond donors (Lipinski definition) is 2. The molecule has 0 aliphatic carbocycles. The van der Waals surface area contributed by atoms with Crippen LogP contribution in [0, 0.1) is 0 Å². The van der Waals surface area contributed by atoms with Crippen molar-refractivity contribution in [1.82, 2.24) is 15.0 Å². The van der Waals surface area contributed by atoms with Crippen LogP contribution in [0.15, 0.2) is 39.2 Å². The first-order chi connectivity index (χ1) is 8.67. The molecule has 0 amide bonds. The molecule has 0 aliphatic rings. The highest BCUT2D eigenvalue weighted by molar-refractivity contribution is 7.99. The molecule has 2 heterocycles. The molecule has 2 rings (SSSR count). The zero-order valence-electron chi connectivity index (χ0n) is 10.0. The summed E-state index contributed by atoms with van der Waals surface area (Å²) in [6.45, 7) is 2.06. The monoisotopic (exact) mass is 262 g/mol. The molecule has 2 aromatic heterocycles. The molecule has 94 valence electrons. The summed E-state index contributed by atoms with van der Waals surface area (Å²) in [7, 11) is 0. The molecule has 2 aromatic rings. The van der Waals surface area contributed by atoms with E-state index in [4.69, 9.17) is 5.73 Å². The lowest BCUT2D eigenvalue weighted by atomic mass is 10.2. The van der Waals surface area contributed by atoms with Crippen LogP contribution in [0.25, 0.3) is 0 Å². The zero-order valence-corrected chi connectivity index (χ0v) is 10.8. The van der Waals surface area contributed by atoms with E-state index in [-0.39, 0.29) is 5.56 Å². The fourth-order valence-corrected chi connectivity index (χ4v) is 2.26. The molecule has 0 spiro atoms. The van der Waals surface area contributed by atoms with Crippen molar-refractivity contribution in [2.24, 2.45) is 0 Å². The topological polar surface area (TPSA) is 84.7 Å². The Morgan fingerprint density at radius 1 is 1.44 bits per heavy atom. The van der Waals surface area contributed by atoms with E-state index in [1.807, 2.05) is 6.07 Å². The minimum Gasteiger partial charge on any atom is -0.384 e. The second-order valence-electron chi connectivity index (χ2n) is 3.81. The highest BCUT2D eigenvalue weighted by atomic mass is 32.2. The van der Waals surface area contributed by atoms with E-state index in [9.17, 15) is 4.79 Å². The summed E-state index contributed by atoms with van der Waals surface area (Å²) >= 11 is 1.37. The lowest BCUT2D eigenvalue weighted by Gasteiger charge is -2.03. The Balaban J connectivity index is 2.23. The average Bonchev–Trinajstić information content (AvgIpc) is 2.32. The third-order valence-corrected chi connectivity index (χ3v) is 3.12. The summed E-state index contributed by atoms with van der Waals surface area (Å²) < 4.78 is 0. The number of hydrogen-bond acceptors (Lipinski definition) is 5. The van der Waals surface area contributed by atoms with Crippen LogP contribution >= 0.6 is 11.8 Å². The van der Waals surface area contributed by atoms with Gasteiger partial charge < -0.3 is 10.7 Å². The first kappa shape index (κ1) is 12.6. The number of pyridine rings is 1. The Bertz CT molecular complexity index is 579. The molecule has 3 N–H and O–H groups in total. The second kappa shape index (κ2) is 5.68. The van der Waals surface area contributed by atoms with Crippen LogP contribution in [0.1, 0.15) is 19.0 Å². The van der Waals surface area contributed by atoms with E-state index in [0.717, 1.165) is 23.4 Å². The predicted octanol–water partition coefficient (Wildman–Crippen LogP) is 1.85. The number of aromatic nitrogens is 3. The molecule has 0 fully saturated rings. The van der Waals surface area contributed by atoms with Gasteiger partial charge in [0.25, 0.3) is 5.56 Å². The van der Waals surface area contributed by atoms with Gasteiger partial charge in [-0.2, -0.15) is 0 Å². The Kier molecular flexibility index (Phi) is 3.99. The van der Waals surface area contributed by atoms with E-state index in [0.29, 0.717) is 11.0 Å². The van der Waals surface area contributed by atoms with Crippen molar-refractivity contribution in [1.29, 1.82) is 0 Å². The summed E-state index contributed by atoms with van der Waals surface area (Å²) in [6, 6.07) is 5.10. The van der Waals surface area contributed by atoms with E-state index in [1.165, 1.54) is 17.8 Å². The first-order valence-corrected chi connectivity index (χ1v) is 6.48. The Morgan fingerprint density at radius 3 is 2.94 bits per heavy atom. The Morgan fingerprint density at radius 2 is 2.28 bits per heavy atom. The van der Waals surface area contributed by atoms with Gasteiger partial charge in [-0.25, -0.2) is 9.97 Å². The molecule has 5 nitrogen and oxygen atoms in total. The number of rotatable bonds is 4. The largest absolute Gasteiger partial charge is 0.384 e. The van der Waals surface area contributed by atoms with Gasteiger partial charge in [-0.05, 0) is 18.6 Å². The fraction of sp³-hybridized carbons (Fsp3) is 0.250. The molecular weight excluding hydrogens is 248 g/mol. The standard InChI is InChI=1S/C12H14N4OS/c1-2-3-8-6-11(17)16-12(15-8)18-9-4-5-10(13)14-7-9/h4-7H,2-3H2,1H3,(H2,13,14)(H,15,16,17). The third kappa shape index (κ3) is 3.33. The maximum Gasteiger partial charge on any atom is 0.251 e. The fourth-order valence-electron chi connectivity index (χ4n) is 1.48. The summed E-state index contributed by atoms with van der Waals surface area (Å²) in [5.74, 6) is 0.473. The van der Waals surface area contributed by atoms with Crippen LogP contribution in [0.3, 0.4) is 0 Å². The van der Waals surface area contributed by atoms with Gasteiger partial charge in [0.1, 0.15) is 5.82 Å². The summed E-state index contributed by atoms with van der Waals surface area (Å²) in [5, 5.41) is 0.581. The van der Waals surface area contributed by atoms with Crippen LogP contribution in [0.2, 0.25) is 0 Å². The van der Waals surface area contributed by atoms with Crippen molar-refractivity contribution in [3.63, 3.8) is 0 Å². The van der Waals surface area contributed by atoms with Gasteiger partial charge >= 0.3 is 0 Å². The highest BCUT2D eigenvalue weighted by Crippen LogP contribution is 2.23. The molecule has 0 unspecified atom stereocenters. The number of nitrogen functional groups attached to an aromatic ring is 1. The number of aromatic amines is 1. The second-order valence-corrected chi connectivity index (χ2v) is 4.87. The van der Waals surface area contributed by atoms with Crippen LogP contribution in [-0.2, 0) is 6.42 Å². The quantitative estimate of drug-likeness (QED) is 0.821. The van der Waals surface area contributed by atoms with Crippen molar-refractivity contribution in [3.05, 3.63) is 40.4 Å². The average molecular weight is 262 g/mol. The van der Waals surface area contributed by atoms with Gasteiger partial charge in [0.2, 0.25) is 0 Å². The number of H-pyrrole nitrogens is 1. The number of nitrogens with zero attached hydrogens (tertiary/aromatic N) is 2. The van der Waals surface area contributed by atoms with Gasteiger partial charge in [0.05, 0.1) is 0 Å².